The highest BCUT2D eigenvalue weighted by Gasteiger charge is 2.30. The number of anilines is 1. The molecular formula is C10H15F2N3. The molecule has 2 heterocycles. The van der Waals surface area contributed by atoms with E-state index in [4.69, 9.17) is 0 Å². The van der Waals surface area contributed by atoms with Crippen LogP contribution in [0.2, 0.25) is 0 Å². The first-order chi connectivity index (χ1) is 7.15. The molecule has 1 aromatic rings. The first kappa shape index (κ1) is 10.4. The molecule has 2 rings (SSSR count). The van der Waals surface area contributed by atoms with Crippen LogP contribution in [0.3, 0.4) is 0 Å². The van der Waals surface area contributed by atoms with Crippen LogP contribution in [0.15, 0.2) is 0 Å². The van der Waals surface area contributed by atoms with Crippen LogP contribution in [-0.4, -0.2) is 22.8 Å². The van der Waals surface area contributed by atoms with Gasteiger partial charge in [0, 0.05) is 12.1 Å². The molecule has 3 nitrogen and oxygen atoms in total. The summed E-state index contributed by atoms with van der Waals surface area (Å²) in [4.78, 5) is 0. The van der Waals surface area contributed by atoms with E-state index in [0.29, 0.717) is 13.0 Å². The third-order valence-electron chi connectivity index (χ3n) is 2.92. The number of nitrogens with zero attached hydrogens (tertiary/aromatic N) is 2. The minimum Gasteiger partial charge on any atom is -0.370 e. The van der Waals surface area contributed by atoms with Gasteiger partial charge in [-0.1, -0.05) is 6.92 Å². The summed E-state index contributed by atoms with van der Waals surface area (Å²) in [6.45, 7) is 4.52. The van der Waals surface area contributed by atoms with Crippen LogP contribution in [0.4, 0.5) is 14.6 Å². The number of rotatable bonds is 2. The Morgan fingerprint density at radius 1 is 1.60 bits per heavy atom. The number of alkyl halides is 2. The second-order valence-corrected chi connectivity index (χ2v) is 3.84. The Hall–Kier alpha value is -1.13. The van der Waals surface area contributed by atoms with Crippen molar-refractivity contribution in [3.63, 3.8) is 0 Å². The number of aromatic nitrogens is 2. The molecule has 1 N–H and O–H groups in total. The Morgan fingerprint density at radius 2 is 2.33 bits per heavy atom. The Morgan fingerprint density at radius 3 is 2.93 bits per heavy atom. The largest absolute Gasteiger partial charge is 0.370 e. The standard InChI is InChI=1S/C10H15F2N3/c1-3-7-6(2)10-13-5-4-8(9(11)12)15(10)14-7/h8-9,13H,3-5H2,1-2H3. The zero-order chi connectivity index (χ0) is 11.0. The van der Waals surface area contributed by atoms with Crippen LogP contribution in [0.1, 0.15) is 30.6 Å². The third kappa shape index (κ3) is 1.60. The number of hydrogen-bond acceptors (Lipinski definition) is 2. The number of halogens is 2. The average molecular weight is 215 g/mol. The van der Waals surface area contributed by atoms with E-state index in [1.165, 1.54) is 4.68 Å². The number of nitrogens with one attached hydrogen (secondary N) is 1. The molecule has 84 valence electrons. The van der Waals surface area contributed by atoms with Gasteiger partial charge in [-0.05, 0) is 19.8 Å². The van der Waals surface area contributed by atoms with Crippen LogP contribution >= 0.6 is 0 Å². The van der Waals surface area contributed by atoms with E-state index in [0.717, 1.165) is 23.5 Å². The zero-order valence-electron chi connectivity index (χ0n) is 8.93. The second-order valence-electron chi connectivity index (χ2n) is 3.84. The van der Waals surface area contributed by atoms with Crippen molar-refractivity contribution in [2.24, 2.45) is 0 Å². The van der Waals surface area contributed by atoms with E-state index >= 15 is 0 Å². The summed E-state index contributed by atoms with van der Waals surface area (Å²) in [5, 5.41) is 7.38. The molecule has 5 heteroatoms. The van der Waals surface area contributed by atoms with Gasteiger partial charge in [-0.2, -0.15) is 5.10 Å². The quantitative estimate of drug-likeness (QED) is 0.820. The molecule has 0 fully saturated rings. The summed E-state index contributed by atoms with van der Waals surface area (Å²) < 4.78 is 27.0. The van der Waals surface area contributed by atoms with E-state index in [1.807, 2.05) is 13.8 Å². The highest BCUT2D eigenvalue weighted by molar-refractivity contribution is 5.48. The molecule has 0 amide bonds. The molecule has 1 aliphatic rings. The summed E-state index contributed by atoms with van der Waals surface area (Å²) in [7, 11) is 0. The SMILES string of the molecule is CCc1nn2c(c1C)NCCC2C(F)F. The molecule has 1 atom stereocenters. The molecule has 1 unspecified atom stereocenters. The minimum absolute atomic E-state index is 0.439. The van der Waals surface area contributed by atoms with Gasteiger partial charge in [0.25, 0.3) is 6.43 Å². The van der Waals surface area contributed by atoms with Crippen molar-refractivity contribution in [3.05, 3.63) is 11.3 Å². The van der Waals surface area contributed by atoms with Crippen molar-refractivity contribution < 1.29 is 8.78 Å². The predicted octanol–water partition coefficient (Wildman–Crippen LogP) is 2.38. The lowest BCUT2D eigenvalue weighted by molar-refractivity contribution is 0.0713. The summed E-state index contributed by atoms with van der Waals surface area (Å²) in [5.74, 6) is 0.767. The van der Waals surface area contributed by atoms with Gasteiger partial charge < -0.3 is 5.32 Å². The van der Waals surface area contributed by atoms with Gasteiger partial charge in [-0.25, -0.2) is 13.5 Å². The number of hydrogen-bond donors (Lipinski definition) is 1. The molecule has 0 spiro atoms. The van der Waals surface area contributed by atoms with Crippen molar-refractivity contribution in [2.45, 2.75) is 39.2 Å². The maximum atomic E-state index is 12.8. The molecule has 0 saturated heterocycles. The fourth-order valence-corrected chi connectivity index (χ4v) is 2.05. The Kier molecular flexibility index (Phi) is 2.63. The van der Waals surface area contributed by atoms with Gasteiger partial charge in [-0.3, -0.25) is 0 Å². The monoisotopic (exact) mass is 215 g/mol. The summed E-state index contributed by atoms with van der Waals surface area (Å²) in [6, 6.07) is -0.764. The summed E-state index contributed by atoms with van der Waals surface area (Å²) in [6.07, 6.45) is -1.12. The molecule has 0 aromatic carbocycles. The number of fused-ring (bicyclic) bond motifs is 1. The van der Waals surface area contributed by atoms with Crippen molar-refractivity contribution in [3.8, 4) is 0 Å². The molecule has 1 aliphatic heterocycles. The first-order valence-electron chi connectivity index (χ1n) is 5.25. The van der Waals surface area contributed by atoms with Crippen molar-refractivity contribution in [1.82, 2.24) is 9.78 Å². The topological polar surface area (TPSA) is 29.9 Å². The lowest BCUT2D eigenvalue weighted by Gasteiger charge is -2.25. The first-order valence-corrected chi connectivity index (χ1v) is 5.25. The van der Waals surface area contributed by atoms with Crippen LogP contribution < -0.4 is 5.32 Å². The fraction of sp³-hybridized carbons (Fsp3) is 0.700. The van der Waals surface area contributed by atoms with E-state index in [2.05, 4.69) is 10.4 Å². The normalized spacial score (nSPS) is 20.2. The summed E-state index contributed by atoms with van der Waals surface area (Å²) in [5.41, 5.74) is 1.91. The van der Waals surface area contributed by atoms with Gasteiger partial charge in [0.1, 0.15) is 11.9 Å². The molecule has 0 radical (unpaired) electrons. The Balaban J connectivity index is 2.43. The molecule has 0 saturated carbocycles. The average Bonchev–Trinajstić information content (AvgIpc) is 2.55. The molecule has 1 aromatic heterocycles. The van der Waals surface area contributed by atoms with Gasteiger partial charge >= 0.3 is 0 Å². The van der Waals surface area contributed by atoms with Crippen LogP contribution in [0.5, 0.6) is 0 Å². The van der Waals surface area contributed by atoms with Crippen molar-refractivity contribution in [2.75, 3.05) is 11.9 Å². The highest BCUT2D eigenvalue weighted by atomic mass is 19.3. The second kappa shape index (κ2) is 3.79. The van der Waals surface area contributed by atoms with Crippen LogP contribution in [-0.2, 0) is 6.42 Å². The lowest BCUT2D eigenvalue weighted by atomic mass is 10.1. The zero-order valence-corrected chi connectivity index (χ0v) is 8.93. The smallest absolute Gasteiger partial charge is 0.260 e. The molecule has 0 aliphatic carbocycles. The lowest BCUT2D eigenvalue weighted by Crippen LogP contribution is -2.28. The minimum atomic E-state index is -2.34. The maximum Gasteiger partial charge on any atom is 0.260 e. The van der Waals surface area contributed by atoms with E-state index in [-0.39, 0.29) is 0 Å². The van der Waals surface area contributed by atoms with Gasteiger partial charge in [0.15, 0.2) is 0 Å². The predicted molar refractivity (Wildman–Crippen MR) is 54.5 cm³/mol. The van der Waals surface area contributed by atoms with E-state index in [1.54, 1.807) is 0 Å². The molecular weight excluding hydrogens is 200 g/mol. The van der Waals surface area contributed by atoms with Gasteiger partial charge in [-0.15, -0.1) is 0 Å². The summed E-state index contributed by atoms with van der Waals surface area (Å²) >= 11 is 0. The Bertz CT molecular complexity index is 360. The van der Waals surface area contributed by atoms with Crippen molar-refractivity contribution >= 4 is 5.82 Å². The van der Waals surface area contributed by atoms with Gasteiger partial charge in [0.05, 0.1) is 5.69 Å². The van der Waals surface area contributed by atoms with Crippen LogP contribution in [0, 0.1) is 6.92 Å². The molecule has 0 bridgehead atoms. The fourth-order valence-electron chi connectivity index (χ4n) is 2.05. The third-order valence-corrected chi connectivity index (χ3v) is 2.92. The maximum absolute atomic E-state index is 12.8. The van der Waals surface area contributed by atoms with Gasteiger partial charge in [0.2, 0.25) is 0 Å². The molecule has 15 heavy (non-hydrogen) atoms. The van der Waals surface area contributed by atoms with E-state index in [9.17, 15) is 8.78 Å². The highest BCUT2D eigenvalue weighted by Crippen LogP contribution is 2.31. The Labute approximate surface area is 87.5 Å². The van der Waals surface area contributed by atoms with Crippen LogP contribution in [0.25, 0.3) is 0 Å². The van der Waals surface area contributed by atoms with Crippen molar-refractivity contribution in [1.29, 1.82) is 0 Å². The van der Waals surface area contributed by atoms with E-state index < -0.39 is 12.5 Å². The number of aryl methyl sites for hydroxylation is 1.